The van der Waals surface area contributed by atoms with E-state index in [1.54, 1.807) is 36.4 Å². The number of nitrogens with zero attached hydrogens (tertiary/aromatic N) is 3. The number of carbonyl (C=O) groups excluding carboxylic acids is 1. The van der Waals surface area contributed by atoms with Gasteiger partial charge in [-0.2, -0.15) is 0 Å². The van der Waals surface area contributed by atoms with Crippen LogP contribution in [0.4, 0.5) is 10.1 Å². The number of fused-ring (bicyclic) bond motifs is 1. The Kier molecular flexibility index (Phi) is 5.75. The van der Waals surface area contributed by atoms with Crippen LogP contribution >= 0.6 is 34.7 Å². The number of halogens is 2. The Labute approximate surface area is 179 Å². The van der Waals surface area contributed by atoms with Gasteiger partial charge in [0, 0.05) is 16.3 Å². The average Bonchev–Trinajstić information content (AvgIpc) is 3.10. The maximum Gasteiger partial charge on any atom is 0.234 e. The molecule has 2 heterocycles. The van der Waals surface area contributed by atoms with Crippen LogP contribution in [0.2, 0.25) is 5.02 Å². The Bertz CT molecular complexity index is 1180. The van der Waals surface area contributed by atoms with Crippen LogP contribution in [0.5, 0.6) is 0 Å². The zero-order valence-corrected chi connectivity index (χ0v) is 17.5. The molecule has 4 rings (SSSR count). The minimum absolute atomic E-state index is 0.165. The van der Waals surface area contributed by atoms with Gasteiger partial charge in [-0.05, 0) is 55.5 Å². The molecule has 0 aliphatic rings. The van der Waals surface area contributed by atoms with E-state index in [0.29, 0.717) is 26.9 Å². The summed E-state index contributed by atoms with van der Waals surface area (Å²) in [5, 5.41) is 13.5. The van der Waals surface area contributed by atoms with Gasteiger partial charge in [0.1, 0.15) is 22.1 Å². The minimum atomic E-state index is -0.308. The number of benzene rings is 2. The smallest absolute Gasteiger partial charge is 0.234 e. The van der Waals surface area contributed by atoms with E-state index in [1.165, 1.54) is 35.2 Å². The van der Waals surface area contributed by atoms with Crippen molar-refractivity contribution in [1.82, 2.24) is 15.2 Å². The van der Waals surface area contributed by atoms with Gasteiger partial charge < -0.3 is 5.32 Å². The third-order valence-corrected chi connectivity index (χ3v) is 6.16. The van der Waals surface area contributed by atoms with E-state index in [9.17, 15) is 9.18 Å². The van der Waals surface area contributed by atoms with E-state index in [1.807, 2.05) is 6.92 Å². The molecule has 146 valence electrons. The number of hydrogen-bond donors (Lipinski definition) is 1. The van der Waals surface area contributed by atoms with Crippen LogP contribution in [0.1, 0.15) is 5.01 Å². The number of nitrogens with one attached hydrogen (secondary N) is 1. The van der Waals surface area contributed by atoms with Crippen LogP contribution in [0.15, 0.2) is 53.6 Å². The van der Waals surface area contributed by atoms with Crippen LogP contribution < -0.4 is 5.32 Å². The molecule has 5 nitrogen and oxygen atoms in total. The highest BCUT2D eigenvalue weighted by Crippen LogP contribution is 2.35. The number of amides is 1. The maximum absolute atomic E-state index is 13.2. The number of rotatable bonds is 5. The van der Waals surface area contributed by atoms with Crippen molar-refractivity contribution in [3.05, 3.63) is 64.4 Å². The van der Waals surface area contributed by atoms with E-state index in [4.69, 9.17) is 11.6 Å². The predicted molar refractivity (Wildman–Crippen MR) is 116 cm³/mol. The lowest BCUT2D eigenvalue weighted by molar-refractivity contribution is -0.113. The van der Waals surface area contributed by atoms with Crippen LogP contribution in [-0.4, -0.2) is 26.8 Å². The number of aromatic nitrogens is 3. The minimum Gasteiger partial charge on any atom is -0.325 e. The van der Waals surface area contributed by atoms with Crippen LogP contribution in [-0.2, 0) is 4.79 Å². The number of anilines is 1. The first kappa shape index (κ1) is 19.8. The van der Waals surface area contributed by atoms with Gasteiger partial charge in [0.2, 0.25) is 5.91 Å². The molecular weight excluding hydrogens is 431 g/mol. The molecule has 1 N–H and O–H groups in total. The van der Waals surface area contributed by atoms with Gasteiger partial charge in [0.05, 0.1) is 15.5 Å². The molecule has 29 heavy (non-hydrogen) atoms. The normalized spacial score (nSPS) is 11.0. The maximum atomic E-state index is 13.2. The lowest BCUT2D eigenvalue weighted by Crippen LogP contribution is -2.14. The molecule has 0 radical (unpaired) electrons. The van der Waals surface area contributed by atoms with Crippen molar-refractivity contribution in [3.8, 4) is 11.3 Å². The van der Waals surface area contributed by atoms with Crippen LogP contribution in [0.3, 0.4) is 0 Å². The number of thioether (sulfide) groups is 1. The molecule has 0 saturated carbocycles. The molecule has 9 heteroatoms. The van der Waals surface area contributed by atoms with E-state index >= 15 is 0 Å². The summed E-state index contributed by atoms with van der Waals surface area (Å²) >= 11 is 8.62. The Balaban J connectivity index is 1.55. The largest absolute Gasteiger partial charge is 0.325 e. The second kappa shape index (κ2) is 8.44. The average molecular weight is 445 g/mol. The summed E-state index contributed by atoms with van der Waals surface area (Å²) in [7, 11) is 0. The topological polar surface area (TPSA) is 67.8 Å². The summed E-state index contributed by atoms with van der Waals surface area (Å²) in [6.45, 7) is 1.90. The molecule has 2 aromatic heterocycles. The van der Waals surface area contributed by atoms with Gasteiger partial charge >= 0.3 is 0 Å². The van der Waals surface area contributed by atoms with E-state index in [-0.39, 0.29) is 17.5 Å². The molecule has 0 saturated heterocycles. The Morgan fingerprint density at radius 2 is 1.86 bits per heavy atom. The summed E-state index contributed by atoms with van der Waals surface area (Å²) in [6, 6.07) is 13.0. The van der Waals surface area contributed by atoms with Gasteiger partial charge in [-0.25, -0.2) is 9.37 Å². The SMILES string of the molecule is Cc1nc2c(SCC(=O)Nc3ccc(Cl)cc3)nnc(-c3ccc(F)cc3)c2s1. The third kappa shape index (κ3) is 4.55. The summed E-state index contributed by atoms with van der Waals surface area (Å²) in [4.78, 5) is 16.8. The fourth-order valence-electron chi connectivity index (χ4n) is 2.68. The molecule has 2 aromatic carbocycles. The van der Waals surface area contributed by atoms with Crippen LogP contribution in [0.25, 0.3) is 21.5 Å². The Morgan fingerprint density at radius 1 is 1.14 bits per heavy atom. The number of aryl methyl sites for hydroxylation is 1. The molecule has 4 aromatic rings. The number of thiazole rings is 1. The molecular formula is C20H14ClFN4OS2. The Morgan fingerprint density at radius 3 is 2.59 bits per heavy atom. The van der Waals surface area contributed by atoms with Crippen molar-refractivity contribution in [2.24, 2.45) is 0 Å². The van der Waals surface area contributed by atoms with Crippen molar-refractivity contribution in [1.29, 1.82) is 0 Å². The van der Waals surface area contributed by atoms with Gasteiger partial charge in [0.15, 0.2) is 0 Å². The predicted octanol–water partition coefficient (Wildman–Crippen LogP) is 5.59. The van der Waals surface area contributed by atoms with E-state index in [0.717, 1.165) is 15.3 Å². The van der Waals surface area contributed by atoms with Crippen LogP contribution in [0, 0.1) is 12.7 Å². The second-order valence-corrected chi connectivity index (χ2v) is 8.72. The molecule has 0 spiro atoms. The molecule has 1 amide bonds. The molecule has 0 atom stereocenters. The molecule has 0 fully saturated rings. The monoisotopic (exact) mass is 444 g/mol. The van der Waals surface area contributed by atoms with Crippen molar-refractivity contribution < 1.29 is 9.18 Å². The zero-order valence-electron chi connectivity index (χ0n) is 15.1. The highest BCUT2D eigenvalue weighted by atomic mass is 35.5. The fraction of sp³-hybridized carbons (Fsp3) is 0.100. The van der Waals surface area contributed by atoms with E-state index in [2.05, 4.69) is 20.5 Å². The zero-order chi connectivity index (χ0) is 20.4. The highest BCUT2D eigenvalue weighted by Gasteiger charge is 2.17. The lowest BCUT2D eigenvalue weighted by Gasteiger charge is -2.06. The van der Waals surface area contributed by atoms with Crippen molar-refractivity contribution in [2.75, 3.05) is 11.1 Å². The summed E-state index contributed by atoms with van der Waals surface area (Å²) in [5.74, 6) is -0.307. The summed E-state index contributed by atoms with van der Waals surface area (Å²) in [5.41, 5.74) is 2.80. The van der Waals surface area contributed by atoms with E-state index < -0.39 is 0 Å². The first-order valence-corrected chi connectivity index (χ1v) is 10.8. The first-order chi connectivity index (χ1) is 14.0. The van der Waals surface area contributed by atoms with Gasteiger partial charge in [-0.15, -0.1) is 21.5 Å². The molecule has 0 aliphatic heterocycles. The van der Waals surface area contributed by atoms with Gasteiger partial charge in [-0.1, -0.05) is 23.4 Å². The molecule has 0 bridgehead atoms. The summed E-state index contributed by atoms with van der Waals surface area (Å²) < 4.78 is 14.1. The number of hydrogen-bond acceptors (Lipinski definition) is 6. The molecule has 0 unspecified atom stereocenters. The highest BCUT2D eigenvalue weighted by molar-refractivity contribution is 8.00. The van der Waals surface area contributed by atoms with Gasteiger partial charge in [-0.3, -0.25) is 4.79 Å². The summed E-state index contributed by atoms with van der Waals surface area (Å²) in [6.07, 6.45) is 0. The van der Waals surface area contributed by atoms with Crippen molar-refractivity contribution in [3.63, 3.8) is 0 Å². The Hall–Kier alpha value is -2.55. The number of carbonyl (C=O) groups is 1. The second-order valence-electron chi connectivity index (χ2n) is 6.12. The van der Waals surface area contributed by atoms with Crippen molar-refractivity contribution in [2.45, 2.75) is 11.9 Å². The quantitative estimate of drug-likeness (QED) is 0.407. The van der Waals surface area contributed by atoms with Gasteiger partial charge in [0.25, 0.3) is 0 Å². The third-order valence-electron chi connectivity index (χ3n) is 3.98. The first-order valence-electron chi connectivity index (χ1n) is 8.57. The van der Waals surface area contributed by atoms with Crippen molar-refractivity contribution >= 4 is 56.5 Å². The fourth-order valence-corrected chi connectivity index (χ4v) is 4.52. The lowest BCUT2D eigenvalue weighted by atomic mass is 10.1. The molecule has 0 aliphatic carbocycles. The standard InChI is InChI=1S/C20H14ClFN4OS2/c1-11-23-18-19(29-11)17(12-2-6-14(22)7-3-12)25-26-20(18)28-10-16(27)24-15-8-4-13(21)5-9-15/h2-9H,10H2,1H3,(H,24,27).